The van der Waals surface area contributed by atoms with Crippen molar-refractivity contribution in [3.63, 3.8) is 0 Å². The molecule has 0 amide bonds. The van der Waals surface area contributed by atoms with Crippen molar-refractivity contribution >= 4 is 37.8 Å². The molecule has 0 radical (unpaired) electrons. The fraction of sp³-hybridized carbons (Fsp3) is 0.308. The van der Waals surface area contributed by atoms with Crippen LogP contribution in [0.25, 0.3) is 0 Å². The van der Waals surface area contributed by atoms with Crippen molar-refractivity contribution in [2.24, 2.45) is 0 Å². The van der Waals surface area contributed by atoms with Crippen molar-refractivity contribution < 1.29 is 9.53 Å². The lowest BCUT2D eigenvalue weighted by Crippen LogP contribution is -2.09. The van der Waals surface area contributed by atoms with Crippen LogP contribution in [0.5, 0.6) is 5.75 Å². The second-order valence-electron chi connectivity index (χ2n) is 3.81. The molecule has 0 aliphatic rings. The molecule has 0 unspecified atom stereocenters. The predicted molar refractivity (Wildman–Crippen MR) is 76.3 cm³/mol. The van der Waals surface area contributed by atoms with E-state index in [1.807, 2.05) is 12.1 Å². The number of carbonyl (C=O) groups is 1. The highest BCUT2D eigenvalue weighted by molar-refractivity contribution is 9.11. The van der Waals surface area contributed by atoms with Gasteiger partial charge in [-0.1, -0.05) is 19.9 Å². The summed E-state index contributed by atoms with van der Waals surface area (Å²) in [6.07, 6.45) is 2.07. The first kappa shape index (κ1) is 14.5. The number of hydrogen-bond acceptors (Lipinski definition) is 2. The average molecular weight is 362 g/mol. The van der Waals surface area contributed by atoms with Crippen molar-refractivity contribution in [2.45, 2.75) is 26.7 Å². The van der Waals surface area contributed by atoms with E-state index in [0.29, 0.717) is 11.3 Å². The van der Waals surface area contributed by atoms with Crippen molar-refractivity contribution in [1.82, 2.24) is 0 Å². The van der Waals surface area contributed by atoms with Crippen LogP contribution in [-0.2, 0) is 11.2 Å². The average Bonchev–Trinajstić information content (AvgIpc) is 2.23. The molecule has 0 bridgehead atoms. The minimum atomic E-state index is -0.422. The van der Waals surface area contributed by atoms with Crippen LogP contribution in [0.2, 0.25) is 0 Å². The first-order valence-electron chi connectivity index (χ1n) is 5.31. The molecule has 92 valence electrons. The molecule has 0 spiro atoms. The lowest BCUT2D eigenvalue weighted by atomic mass is 10.1. The minimum absolute atomic E-state index is 0.376. The van der Waals surface area contributed by atoms with Crippen LogP contribution >= 0.6 is 31.9 Å². The maximum atomic E-state index is 11.5. The summed E-state index contributed by atoms with van der Waals surface area (Å²) in [5.74, 6) is 0.0764. The Bertz CT molecular complexity index is 430. The second kappa shape index (κ2) is 6.36. The van der Waals surface area contributed by atoms with E-state index in [9.17, 15) is 4.79 Å². The molecule has 2 nitrogen and oxygen atoms in total. The summed E-state index contributed by atoms with van der Waals surface area (Å²) in [7, 11) is 0. The Morgan fingerprint density at radius 2 is 1.88 bits per heavy atom. The van der Waals surface area contributed by atoms with E-state index in [4.69, 9.17) is 4.74 Å². The summed E-state index contributed by atoms with van der Waals surface area (Å²) in [4.78, 5) is 11.5. The smallest absolute Gasteiger partial charge is 0.338 e. The van der Waals surface area contributed by atoms with Gasteiger partial charge >= 0.3 is 5.97 Å². The van der Waals surface area contributed by atoms with Gasteiger partial charge in [0.25, 0.3) is 0 Å². The lowest BCUT2D eigenvalue weighted by molar-refractivity contribution is -0.130. The van der Waals surface area contributed by atoms with E-state index < -0.39 is 5.97 Å². The number of hydrogen-bond donors (Lipinski definition) is 0. The zero-order chi connectivity index (χ0) is 13.0. The van der Waals surface area contributed by atoms with Crippen LogP contribution in [0.15, 0.2) is 33.2 Å². The topological polar surface area (TPSA) is 26.3 Å². The Kier molecular flexibility index (Phi) is 5.40. The molecular weight excluding hydrogens is 348 g/mol. The molecule has 17 heavy (non-hydrogen) atoms. The molecule has 1 aromatic carbocycles. The summed E-state index contributed by atoms with van der Waals surface area (Å²) in [5, 5.41) is 0. The third-order valence-corrected chi connectivity index (χ3v) is 3.32. The van der Waals surface area contributed by atoms with Crippen LogP contribution in [0.1, 0.15) is 25.8 Å². The van der Waals surface area contributed by atoms with Gasteiger partial charge in [-0.15, -0.1) is 0 Å². The Labute approximate surface area is 118 Å². The first-order chi connectivity index (χ1) is 7.95. The molecule has 0 heterocycles. The quantitative estimate of drug-likeness (QED) is 0.443. The number of rotatable bonds is 4. The van der Waals surface area contributed by atoms with Crippen molar-refractivity contribution in [1.29, 1.82) is 0 Å². The summed E-state index contributed by atoms with van der Waals surface area (Å²) in [6, 6.07) is 3.94. The monoisotopic (exact) mass is 360 g/mol. The SMILES string of the molecule is C=C(C)C(=O)Oc1c(Br)cc(CCC)cc1Br. The number of carbonyl (C=O) groups excluding carboxylic acids is 1. The molecule has 0 aliphatic heterocycles. The van der Waals surface area contributed by atoms with Crippen molar-refractivity contribution in [3.05, 3.63) is 38.8 Å². The third kappa shape index (κ3) is 3.96. The van der Waals surface area contributed by atoms with Crippen LogP contribution < -0.4 is 4.74 Å². The number of ether oxygens (including phenoxy) is 1. The second-order valence-corrected chi connectivity index (χ2v) is 5.52. The molecule has 1 rings (SSSR count). The van der Waals surface area contributed by atoms with Crippen molar-refractivity contribution in [2.75, 3.05) is 0 Å². The van der Waals surface area contributed by atoms with Crippen LogP contribution in [-0.4, -0.2) is 5.97 Å². The summed E-state index contributed by atoms with van der Waals surface area (Å²) in [6.45, 7) is 7.29. The van der Waals surface area contributed by atoms with Crippen LogP contribution in [0, 0.1) is 0 Å². The fourth-order valence-corrected chi connectivity index (χ4v) is 2.77. The maximum Gasteiger partial charge on any atom is 0.338 e. The van der Waals surface area contributed by atoms with E-state index >= 15 is 0 Å². The van der Waals surface area contributed by atoms with Gasteiger partial charge in [0.1, 0.15) is 0 Å². The van der Waals surface area contributed by atoms with E-state index in [-0.39, 0.29) is 0 Å². The molecule has 1 aromatic rings. The summed E-state index contributed by atoms with van der Waals surface area (Å²) < 4.78 is 6.78. The van der Waals surface area contributed by atoms with E-state index in [1.54, 1.807) is 6.92 Å². The summed E-state index contributed by atoms with van der Waals surface area (Å²) >= 11 is 6.82. The number of halogens is 2. The summed E-state index contributed by atoms with van der Waals surface area (Å²) in [5.41, 5.74) is 1.57. The van der Waals surface area contributed by atoms with Crippen molar-refractivity contribution in [3.8, 4) is 5.75 Å². The molecule has 0 saturated heterocycles. The van der Waals surface area contributed by atoms with Crippen LogP contribution in [0.4, 0.5) is 0 Å². The van der Waals surface area contributed by atoms with E-state index in [0.717, 1.165) is 21.8 Å². The normalized spacial score (nSPS) is 10.1. The number of aryl methyl sites for hydroxylation is 1. The molecule has 0 fully saturated rings. The zero-order valence-electron chi connectivity index (χ0n) is 9.85. The predicted octanol–water partition coefficient (Wildman–Crippen LogP) is 4.65. The van der Waals surface area contributed by atoms with E-state index in [2.05, 4.69) is 45.4 Å². The van der Waals surface area contributed by atoms with Gasteiger partial charge in [0.15, 0.2) is 5.75 Å². The first-order valence-corrected chi connectivity index (χ1v) is 6.90. The standard InChI is InChI=1S/C13H14Br2O2/c1-4-5-9-6-10(14)12(11(15)7-9)17-13(16)8(2)3/h6-7H,2,4-5H2,1,3H3. The van der Waals surface area contributed by atoms with Gasteiger partial charge in [-0.25, -0.2) is 4.79 Å². The van der Waals surface area contributed by atoms with Gasteiger partial charge in [-0.05, 0) is 62.9 Å². The molecule has 4 heteroatoms. The Hall–Kier alpha value is -0.610. The number of benzene rings is 1. The zero-order valence-corrected chi connectivity index (χ0v) is 13.0. The van der Waals surface area contributed by atoms with Gasteiger partial charge in [0.05, 0.1) is 8.95 Å². The molecule has 0 N–H and O–H groups in total. The third-order valence-electron chi connectivity index (χ3n) is 2.14. The largest absolute Gasteiger partial charge is 0.421 e. The molecule has 0 atom stereocenters. The van der Waals surface area contributed by atoms with Gasteiger partial charge in [-0.2, -0.15) is 0 Å². The van der Waals surface area contributed by atoms with Gasteiger partial charge < -0.3 is 4.74 Å². The van der Waals surface area contributed by atoms with Crippen LogP contribution in [0.3, 0.4) is 0 Å². The van der Waals surface area contributed by atoms with Gasteiger partial charge in [0.2, 0.25) is 0 Å². The molecule has 0 saturated carbocycles. The highest BCUT2D eigenvalue weighted by Gasteiger charge is 2.13. The fourth-order valence-electron chi connectivity index (χ4n) is 1.32. The highest BCUT2D eigenvalue weighted by atomic mass is 79.9. The highest BCUT2D eigenvalue weighted by Crippen LogP contribution is 2.35. The molecule has 0 aliphatic carbocycles. The lowest BCUT2D eigenvalue weighted by Gasteiger charge is -2.10. The van der Waals surface area contributed by atoms with Gasteiger partial charge in [0, 0.05) is 5.57 Å². The minimum Gasteiger partial charge on any atom is -0.421 e. The molecule has 0 aromatic heterocycles. The Morgan fingerprint density at radius 3 is 2.29 bits per heavy atom. The van der Waals surface area contributed by atoms with Gasteiger partial charge in [-0.3, -0.25) is 0 Å². The Morgan fingerprint density at radius 1 is 1.35 bits per heavy atom. The Balaban J connectivity index is 3.01. The number of esters is 1. The maximum absolute atomic E-state index is 11.5. The molecular formula is C13H14Br2O2. The van der Waals surface area contributed by atoms with E-state index in [1.165, 1.54) is 5.56 Å².